The number of carbonyl (C=O) groups is 1. The quantitative estimate of drug-likeness (QED) is 0.105. The fourth-order valence-corrected chi connectivity index (χ4v) is 4.71. The molecule has 4 aromatic rings. The maximum atomic E-state index is 12.1. The molecule has 0 spiro atoms. The normalized spacial score (nSPS) is 12.2. The monoisotopic (exact) mass is 558 g/mol. The van der Waals surface area contributed by atoms with Gasteiger partial charge in [-0.3, -0.25) is 9.11 Å². The number of nitrogens with two attached hydrogens (primary N) is 1. The molecule has 0 amide bonds. The molecule has 0 heterocycles. The molecule has 4 rings (SSSR count). The number of carboxylic acid groups (broad SMARTS) is 1. The Morgan fingerprint density at radius 2 is 1.55 bits per heavy atom. The number of anilines is 3. The van der Waals surface area contributed by atoms with Crippen molar-refractivity contribution in [2.45, 2.75) is 9.79 Å². The standard InChI is InChI=1S/C23H18N4O9S2/c24-13-5-7-19(18(9-13)23(29)30)26-27-21-20(38(34,35)36)8-12-4-6-15(11-17(12)22(21)28)25-14-2-1-3-16(10-14)37(31,32)33/h1-11,25,28H,24H2,(H,29,30)(H,31,32,33)(H,34,35,36). The number of nitrogens with one attached hydrogen (secondary N) is 1. The van der Waals surface area contributed by atoms with E-state index in [-0.39, 0.29) is 38.3 Å². The number of phenolic OH excluding ortho intramolecular Hbond substituents is 1. The molecule has 0 aliphatic rings. The van der Waals surface area contributed by atoms with Crippen molar-refractivity contribution in [3.8, 4) is 5.75 Å². The van der Waals surface area contributed by atoms with Gasteiger partial charge in [-0.05, 0) is 60.0 Å². The lowest BCUT2D eigenvalue weighted by atomic mass is 10.1. The van der Waals surface area contributed by atoms with E-state index >= 15 is 0 Å². The molecule has 0 saturated carbocycles. The Morgan fingerprint density at radius 1 is 0.842 bits per heavy atom. The number of carboxylic acids is 1. The van der Waals surface area contributed by atoms with Gasteiger partial charge in [0.1, 0.15) is 16.3 Å². The highest BCUT2D eigenvalue weighted by molar-refractivity contribution is 7.86. The molecule has 0 atom stereocenters. The lowest BCUT2D eigenvalue weighted by molar-refractivity contribution is 0.0697. The van der Waals surface area contributed by atoms with Crippen molar-refractivity contribution in [2.24, 2.45) is 10.2 Å². The zero-order valence-electron chi connectivity index (χ0n) is 19.0. The Morgan fingerprint density at radius 3 is 2.21 bits per heavy atom. The molecule has 38 heavy (non-hydrogen) atoms. The van der Waals surface area contributed by atoms with Gasteiger partial charge in [0.15, 0.2) is 5.75 Å². The molecule has 15 heteroatoms. The van der Waals surface area contributed by atoms with Crippen LogP contribution in [-0.4, -0.2) is 42.1 Å². The minimum Gasteiger partial charge on any atom is -0.505 e. The number of nitrogens with zero attached hydrogens (tertiary/aromatic N) is 2. The summed E-state index contributed by atoms with van der Waals surface area (Å²) in [7, 11) is -9.36. The van der Waals surface area contributed by atoms with Crippen LogP contribution < -0.4 is 11.1 Å². The summed E-state index contributed by atoms with van der Waals surface area (Å²) in [5, 5.41) is 31.0. The summed E-state index contributed by atoms with van der Waals surface area (Å²) in [6, 6.07) is 14.3. The van der Waals surface area contributed by atoms with Gasteiger partial charge in [0.2, 0.25) is 0 Å². The van der Waals surface area contributed by atoms with Gasteiger partial charge in [-0.1, -0.05) is 12.1 Å². The van der Waals surface area contributed by atoms with Gasteiger partial charge in [-0.2, -0.15) is 16.8 Å². The van der Waals surface area contributed by atoms with Gasteiger partial charge in [0.25, 0.3) is 20.2 Å². The summed E-state index contributed by atoms with van der Waals surface area (Å²) >= 11 is 0. The number of nitrogen functional groups attached to an aromatic ring is 1. The van der Waals surface area contributed by atoms with Crippen LogP contribution in [0.3, 0.4) is 0 Å². The van der Waals surface area contributed by atoms with Crippen molar-refractivity contribution in [2.75, 3.05) is 11.1 Å². The van der Waals surface area contributed by atoms with Crippen LogP contribution in [0.25, 0.3) is 10.8 Å². The van der Waals surface area contributed by atoms with E-state index in [0.717, 1.165) is 12.1 Å². The first-order valence-electron chi connectivity index (χ1n) is 10.4. The van der Waals surface area contributed by atoms with Crippen molar-refractivity contribution < 1.29 is 40.9 Å². The Balaban J connectivity index is 1.84. The fourth-order valence-electron chi connectivity index (χ4n) is 3.53. The molecule has 0 fully saturated rings. The van der Waals surface area contributed by atoms with Crippen LogP contribution in [0.5, 0.6) is 5.75 Å². The number of phenols is 1. The summed E-state index contributed by atoms with van der Waals surface area (Å²) in [6.45, 7) is 0. The number of hydrogen-bond donors (Lipinski definition) is 6. The Bertz CT molecular complexity index is 1850. The molecule has 0 bridgehead atoms. The maximum absolute atomic E-state index is 12.1. The summed E-state index contributed by atoms with van der Waals surface area (Å²) in [5.41, 5.74) is 5.16. The zero-order valence-corrected chi connectivity index (χ0v) is 20.6. The summed E-state index contributed by atoms with van der Waals surface area (Å²) in [6.07, 6.45) is 0. The van der Waals surface area contributed by atoms with E-state index in [1.807, 2.05) is 0 Å². The van der Waals surface area contributed by atoms with Crippen molar-refractivity contribution in [1.82, 2.24) is 0 Å². The topological polar surface area (TPSA) is 229 Å². The second-order valence-corrected chi connectivity index (χ2v) is 10.7. The Labute approximate surface area is 215 Å². The van der Waals surface area contributed by atoms with Crippen molar-refractivity contribution in [1.29, 1.82) is 0 Å². The lowest BCUT2D eigenvalue weighted by Gasteiger charge is -2.12. The molecule has 13 nitrogen and oxygen atoms in total. The minimum atomic E-state index is -4.91. The molecule has 0 unspecified atom stereocenters. The predicted octanol–water partition coefficient (Wildman–Crippen LogP) is 4.48. The van der Waals surface area contributed by atoms with Gasteiger partial charge < -0.3 is 21.3 Å². The van der Waals surface area contributed by atoms with Crippen LogP contribution in [0.1, 0.15) is 10.4 Å². The molecular formula is C23H18N4O9S2. The minimum absolute atomic E-state index is 0.0676. The van der Waals surface area contributed by atoms with Crippen molar-refractivity contribution in [3.05, 3.63) is 72.3 Å². The van der Waals surface area contributed by atoms with E-state index in [2.05, 4.69) is 15.5 Å². The number of azo groups is 1. The Kier molecular flexibility index (Phi) is 6.77. The van der Waals surface area contributed by atoms with Gasteiger partial charge >= 0.3 is 5.97 Å². The van der Waals surface area contributed by atoms with Crippen LogP contribution in [0.4, 0.5) is 28.4 Å². The summed E-state index contributed by atoms with van der Waals surface area (Å²) < 4.78 is 65.9. The van der Waals surface area contributed by atoms with E-state index in [4.69, 9.17) is 5.73 Å². The van der Waals surface area contributed by atoms with Crippen LogP contribution in [0.15, 0.2) is 86.7 Å². The number of hydrogen-bond acceptors (Lipinski definition) is 10. The molecule has 196 valence electrons. The average Bonchev–Trinajstić information content (AvgIpc) is 2.83. The highest BCUT2D eigenvalue weighted by atomic mass is 32.2. The molecule has 7 N–H and O–H groups in total. The van der Waals surface area contributed by atoms with Gasteiger partial charge in [-0.25, -0.2) is 4.79 Å². The van der Waals surface area contributed by atoms with Crippen LogP contribution in [0.2, 0.25) is 0 Å². The van der Waals surface area contributed by atoms with Gasteiger partial charge in [0, 0.05) is 22.4 Å². The molecule has 0 radical (unpaired) electrons. The van der Waals surface area contributed by atoms with Gasteiger partial charge in [-0.15, -0.1) is 10.2 Å². The lowest BCUT2D eigenvalue weighted by Crippen LogP contribution is -2.00. The molecule has 4 aromatic carbocycles. The predicted molar refractivity (Wildman–Crippen MR) is 137 cm³/mol. The number of aromatic hydroxyl groups is 1. The third-order valence-electron chi connectivity index (χ3n) is 5.26. The first-order chi connectivity index (χ1) is 17.7. The number of fused-ring (bicyclic) bond motifs is 1. The third kappa shape index (κ3) is 5.55. The summed E-state index contributed by atoms with van der Waals surface area (Å²) in [4.78, 5) is 10.4. The second kappa shape index (κ2) is 9.71. The van der Waals surface area contributed by atoms with Crippen molar-refractivity contribution >= 4 is 65.4 Å². The van der Waals surface area contributed by atoms with Gasteiger partial charge in [0.05, 0.1) is 10.5 Å². The summed E-state index contributed by atoms with van der Waals surface area (Å²) in [5.74, 6) is -2.07. The molecule has 0 saturated heterocycles. The third-order valence-corrected chi connectivity index (χ3v) is 6.98. The Hall–Kier alpha value is -4.57. The van der Waals surface area contributed by atoms with Crippen LogP contribution in [0, 0.1) is 0 Å². The van der Waals surface area contributed by atoms with Crippen LogP contribution >= 0.6 is 0 Å². The second-order valence-electron chi connectivity index (χ2n) is 7.89. The highest BCUT2D eigenvalue weighted by Gasteiger charge is 2.23. The smallest absolute Gasteiger partial charge is 0.338 e. The van der Waals surface area contributed by atoms with E-state index < -0.39 is 42.5 Å². The highest BCUT2D eigenvalue weighted by Crippen LogP contribution is 2.42. The first-order valence-corrected chi connectivity index (χ1v) is 13.3. The van der Waals surface area contributed by atoms with E-state index in [9.17, 15) is 40.9 Å². The van der Waals surface area contributed by atoms with E-state index in [1.165, 1.54) is 54.6 Å². The van der Waals surface area contributed by atoms with E-state index in [0.29, 0.717) is 5.69 Å². The largest absolute Gasteiger partial charge is 0.505 e. The maximum Gasteiger partial charge on any atom is 0.338 e. The first kappa shape index (κ1) is 26.5. The van der Waals surface area contributed by atoms with Crippen LogP contribution in [-0.2, 0) is 20.2 Å². The number of aromatic carboxylic acids is 1. The average molecular weight is 559 g/mol. The van der Waals surface area contributed by atoms with Crippen molar-refractivity contribution in [3.63, 3.8) is 0 Å². The molecular weight excluding hydrogens is 540 g/mol. The fraction of sp³-hybridized carbons (Fsp3) is 0. The SMILES string of the molecule is Nc1ccc(N=Nc2c(S(=O)(=O)O)cc3ccc(Nc4cccc(S(=O)(=O)O)c4)cc3c2O)c(C(=O)O)c1. The zero-order chi connectivity index (χ0) is 27.8. The number of benzene rings is 4. The molecule has 0 aliphatic carbocycles. The number of rotatable bonds is 7. The van der Waals surface area contributed by atoms with E-state index in [1.54, 1.807) is 0 Å². The molecule has 0 aliphatic heterocycles. The molecule has 0 aromatic heterocycles.